The van der Waals surface area contributed by atoms with Crippen LogP contribution in [-0.4, -0.2) is 108 Å². The summed E-state index contributed by atoms with van der Waals surface area (Å²) in [5, 5.41) is 24.6. The third-order valence-corrected chi connectivity index (χ3v) is 10.4. The highest BCUT2D eigenvalue weighted by Crippen LogP contribution is 2.11. The SMILES string of the molecule is CC(C)(C)OC(=O)N[C@@H](CC(=O)OCc1ccccc1)C(=O)N[C@@H](CO)C(=O)N[C@@H](CC(=O)OCc1ccccc1)C(=O)NCC(=O)N[C@@H](CCCCNC(=O)OCc1ccccc1)C(=O)OCc1ccccc1. The van der Waals surface area contributed by atoms with Crippen molar-refractivity contribution in [1.29, 1.82) is 0 Å². The predicted octanol–water partition coefficient (Wildman–Crippen LogP) is 3.55. The zero-order valence-corrected chi connectivity index (χ0v) is 41.5. The molecule has 4 rings (SSSR count). The highest BCUT2D eigenvalue weighted by Gasteiger charge is 2.33. The molecular weight excluding hydrogens is 961 g/mol. The largest absolute Gasteiger partial charge is 0.461 e. The van der Waals surface area contributed by atoms with E-state index in [0.717, 1.165) is 5.56 Å². The number of rotatable bonds is 28. The molecule has 4 atom stereocenters. The van der Waals surface area contributed by atoms with E-state index in [1.54, 1.807) is 112 Å². The Morgan fingerprint density at radius 2 is 0.905 bits per heavy atom. The predicted molar refractivity (Wildman–Crippen MR) is 265 cm³/mol. The number of alkyl carbamates (subject to hydrolysis) is 2. The third-order valence-electron chi connectivity index (χ3n) is 10.4. The van der Waals surface area contributed by atoms with E-state index in [4.69, 9.17) is 23.7 Å². The van der Waals surface area contributed by atoms with Crippen LogP contribution in [0.15, 0.2) is 121 Å². The lowest BCUT2D eigenvalue weighted by Gasteiger charge is -2.25. The molecular formula is C53H64N6O15. The number of benzene rings is 4. The van der Waals surface area contributed by atoms with Crippen molar-refractivity contribution >= 4 is 53.7 Å². The average Bonchev–Trinajstić information content (AvgIpc) is 3.38. The van der Waals surface area contributed by atoms with E-state index >= 15 is 0 Å². The second-order valence-corrected chi connectivity index (χ2v) is 17.6. The van der Waals surface area contributed by atoms with Crippen LogP contribution in [0.3, 0.4) is 0 Å². The Bertz CT molecular complexity index is 2440. The minimum Gasteiger partial charge on any atom is -0.461 e. The van der Waals surface area contributed by atoms with Crippen molar-refractivity contribution < 1.29 is 71.9 Å². The molecule has 21 heteroatoms. The third kappa shape index (κ3) is 23.3. The molecule has 0 saturated carbocycles. The van der Waals surface area contributed by atoms with Crippen molar-refractivity contribution in [2.45, 2.75) is 109 Å². The molecule has 0 radical (unpaired) electrons. The van der Waals surface area contributed by atoms with Crippen LogP contribution in [0, 0.1) is 0 Å². The van der Waals surface area contributed by atoms with Gasteiger partial charge in [-0.2, -0.15) is 0 Å². The van der Waals surface area contributed by atoms with Crippen molar-refractivity contribution in [3.63, 3.8) is 0 Å². The number of unbranched alkanes of at least 4 members (excludes halogenated alkanes) is 1. The number of esters is 3. The van der Waals surface area contributed by atoms with E-state index in [9.17, 15) is 48.3 Å². The number of carbonyl (C=O) groups is 9. The van der Waals surface area contributed by atoms with Gasteiger partial charge in [-0.15, -0.1) is 0 Å². The molecule has 0 heterocycles. The zero-order valence-electron chi connectivity index (χ0n) is 41.5. The van der Waals surface area contributed by atoms with Crippen molar-refractivity contribution in [3.05, 3.63) is 144 Å². The van der Waals surface area contributed by atoms with Gasteiger partial charge in [0.15, 0.2) is 0 Å². The van der Waals surface area contributed by atoms with Crippen molar-refractivity contribution in [3.8, 4) is 0 Å². The monoisotopic (exact) mass is 1020 g/mol. The maximum atomic E-state index is 13.7. The summed E-state index contributed by atoms with van der Waals surface area (Å²) < 4.78 is 26.6. The molecule has 74 heavy (non-hydrogen) atoms. The normalized spacial score (nSPS) is 12.4. The summed E-state index contributed by atoms with van der Waals surface area (Å²) in [6, 6.07) is 28.6. The van der Waals surface area contributed by atoms with Gasteiger partial charge in [-0.25, -0.2) is 14.4 Å². The number of aliphatic hydroxyl groups is 1. The van der Waals surface area contributed by atoms with Gasteiger partial charge in [0.1, 0.15) is 56.2 Å². The van der Waals surface area contributed by atoms with Gasteiger partial charge in [0.25, 0.3) is 0 Å². The van der Waals surface area contributed by atoms with Crippen LogP contribution in [0.25, 0.3) is 0 Å². The van der Waals surface area contributed by atoms with Crippen LogP contribution < -0.4 is 31.9 Å². The maximum absolute atomic E-state index is 13.7. The number of nitrogens with one attached hydrogen (secondary N) is 6. The van der Waals surface area contributed by atoms with E-state index in [1.807, 2.05) is 30.3 Å². The van der Waals surface area contributed by atoms with E-state index in [1.165, 1.54) is 0 Å². The molecule has 0 aliphatic rings. The van der Waals surface area contributed by atoms with Crippen LogP contribution in [0.5, 0.6) is 0 Å². The Hall–Kier alpha value is -8.33. The number of ether oxygens (including phenoxy) is 5. The van der Waals surface area contributed by atoms with Gasteiger partial charge in [-0.05, 0) is 62.3 Å². The van der Waals surface area contributed by atoms with Crippen LogP contribution in [0.1, 0.15) is 75.1 Å². The fourth-order valence-electron chi connectivity index (χ4n) is 6.59. The quantitative estimate of drug-likeness (QED) is 0.0243. The molecule has 21 nitrogen and oxygen atoms in total. The molecule has 396 valence electrons. The number of amides is 6. The van der Waals surface area contributed by atoms with Gasteiger partial charge in [0, 0.05) is 6.54 Å². The van der Waals surface area contributed by atoms with Gasteiger partial charge < -0.3 is 60.7 Å². The van der Waals surface area contributed by atoms with Crippen molar-refractivity contribution in [1.82, 2.24) is 31.9 Å². The van der Waals surface area contributed by atoms with E-state index in [2.05, 4.69) is 31.9 Å². The first-order valence-electron chi connectivity index (χ1n) is 23.8. The lowest BCUT2D eigenvalue weighted by Crippen LogP contribution is -2.59. The van der Waals surface area contributed by atoms with Gasteiger partial charge >= 0.3 is 30.1 Å². The van der Waals surface area contributed by atoms with E-state index < -0.39 is 109 Å². The number of carbonyl (C=O) groups excluding carboxylic acids is 9. The van der Waals surface area contributed by atoms with Gasteiger partial charge in [0.05, 0.1) is 26.0 Å². The fourth-order valence-corrected chi connectivity index (χ4v) is 6.59. The molecule has 0 bridgehead atoms. The highest BCUT2D eigenvalue weighted by atomic mass is 16.6. The van der Waals surface area contributed by atoms with Gasteiger partial charge in [-0.1, -0.05) is 121 Å². The number of hydrogen-bond acceptors (Lipinski definition) is 15. The molecule has 0 aliphatic carbocycles. The number of hydrogen-bond donors (Lipinski definition) is 7. The summed E-state index contributed by atoms with van der Waals surface area (Å²) in [4.78, 5) is 119. The first-order valence-corrected chi connectivity index (χ1v) is 23.8. The zero-order chi connectivity index (χ0) is 53.7. The smallest absolute Gasteiger partial charge is 0.408 e. The Morgan fingerprint density at radius 3 is 1.38 bits per heavy atom. The van der Waals surface area contributed by atoms with Gasteiger partial charge in [-0.3, -0.25) is 28.8 Å². The maximum Gasteiger partial charge on any atom is 0.408 e. The molecule has 7 N–H and O–H groups in total. The number of aliphatic hydroxyl groups excluding tert-OH is 1. The Morgan fingerprint density at radius 1 is 0.473 bits per heavy atom. The van der Waals surface area contributed by atoms with E-state index in [-0.39, 0.29) is 39.4 Å². The minimum atomic E-state index is -1.83. The van der Waals surface area contributed by atoms with Crippen LogP contribution in [0.2, 0.25) is 0 Å². The molecule has 0 aliphatic heterocycles. The first-order chi connectivity index (χ1) is 35.5. The summed E-state index contributed by atoms with van der Waals surface area (Å²) in [6.45, 7) is 2.68. The summed E-state index contributed by atoms with van der Waals surface area (Å²) in [7, 11) is 0. The Balaban J connectivity index is 1.41. The van der Waals surface area contributed by atoms with E-state index in [0.29, 0.717) is 29.5 Å². The summed E-state index contributed by atoms with van der Waals surface area (Å²) in [5.74, 6) is -6.90. The van der Waals surface area contributed by atoms with Crippen molar-refractivity contribution in [2.24, 2.45) is 0 Å². The second kappa shape index (κ2) is 31.2. The summed E-state index contributed by atoms with van der Waals surface area (Å²) in [5.41, 5.74) is 1.73. The highest BCUT2D eigenvalue weighted by molar-refractivity contribution is 5.97. The summed E-state index contributed by atoms with van der Waals surface area (Å²) >= 11 is 0. The lowest BCUT2D eigenvalue weighted by atomic mass is 10.1. The fraction of sp³-hybridized carbons (Fsp3) is 0.377. The van der Waals surface area contributed by atoms with Crippen LogP contribution in [-0.2, 0) is 83.7 Å². The topological polar surface area (TPSA) is 292 Å². The molecule has 0 saturated heterocycles. The molecule has 6 amide bonds. The molecule has 0 aromatic heterocycles. The Labute approximate surface area is 428 Å². The van der Waals surface area contributed by atoms with Crippen LogP contribution in [0.4, 0.5) is 9.59 Å². The average molecular weight is 1030 g/mol. The summed E-state index contributed by atoms with van der Waals surface area (Å²) in [6.07, 6.45) is -2.47. The Kier molecular flexibility index (Phi) is 24.6. The molecule has 0 fully saturated rings. The standard InChI is InChI=1S/C53H64N6O15/c1-53(2,3)74-52(69)59-42(29-46(63)71-33-37-20-10-5-11-21-37)48(65)58-43(31-60)49(66)57-41(28-45(62)70-32-36-18-8-4-9-19-36)47(64)55-30-44(61)56-40(50(67)72-34-38-22-12-6-13-23-38)26-16-17-27-54-51(68)73-35-39-24-14-7-15-25-39/h4-15,18-25,40-43,60H,16-17,26-35H2,1-3H3,(H,54,68)(H,55,64)(H,56,61)(H,57,66)(H,58,65)(H,59,69)/t40-,41-,42-,43-/m0/s1. The van der Waals surface area contributed by atoms with Gasteiger partial charge in [0.2, 0.25) is 23.6 Å². The lowest BCUT2D eigenvalue weighted by molar-refractivity contribution is -0.149. The molecule has 4 aromatic carbocycles. The molecule has 4 aromatic rings. The second-order valence-electron chi connectivity index (χ2n) is 17.6. The van der Waals surface area contributed by atoms with Crippen LogP contribution >= 0.6 is 0 Å². The minimum absolute atomic E-state index is 0.0667. The molecule has 0 unspecified atom stereocenters. The first kappa shape index (κ1) is 58.2. The molecule has 0 spiro atoms. The van der Waals surface area contributed by atoms with Crippen molar-refractivity contribution in [2.75, 3.05) is 19.7 Å².